The Hall–Kier alpha value is -2.55. The lowest BCUT2D eigenvalue weighted by atomic mass is 10.1. The number of hydrogen-bond donors (Lipinski definition) is 0. The molecule has 0 fully saturated rings. The Balaban J connectivity index is 2.17. The zero-order valence-electron chi connectivity index (χ0n) is 10.2. The van der Waals surface area contributed by atoms with Crippen molar-refractivity contribution in [3.63, 3.8) is 0 Å². The molecule has 0 N–H and O–H groups in total. The van der Waals surface area contributed by atoms with Crippen LogP contribution in [0.25, 0.3) is 0 Å². The predicted molar refractivity (Wildman–Crippen MR) is 64.7 cm³/mol. The van der Waals surface area contributed by atoms with Gasteiger partial charge in [0.2, 0.25) is 0 Å². The lowest BCUT2D eigenvalue weighted by Crippen LogP contribution is -2.10. The van der Waals surface area contributed by atoms with Crippen LogP contribution in [0.2, 0.25) is 0 Å². The highest BCUT2D eigenvalue weighted by Crippen LogP contribution is 2.32. The molecule has 1 aromatic carbocycles. The number of benzene rings is 1. The van der Waals surface area contributed by atoms with E-state index in [9.17, 15) is 13.2 Å². The minimum absolute atomic E-state index is 0.0373. The van der Waals surface area contributed by atoms with E-state index in [1.807, 2.05) is 6.07 Å². The lowest BCUT2D eigenvalue weighted by Gasteiger charge is -2.13. The number of hydrogen-bond acceptors (Lipinski definition) is 3. The second-order valence-electron chi connectivity index (χ2n) is 3.93. The van der Waals surface area contributed by atoms with E-state index in [4.69, 9.17) is 10.00 Å². The first kappa shape index (κ1) is 13.9. The highest BCUT2D eigenvalue weighted by atomic mass is 19.4. The van der Waals surface area contributed by atoms with Gasteiger partial charge in [0.15, 0.2) is 0 Å². The summed E-state index contributed by atoms with van der Waals surface area (Å²) < 4.78 is 43.6. The van der Waals surface area contributed by atoms with Crippen molar-refractivity contribution >= 4 is 0 Å². The number of halogens is 3. The van der Waals surface area contributed by atoms with Gasteiger partial charge >= 0.3 is 6.18 Å². The Labute approximate surface area is 113 Å². The first-order valence-electron chi connectivity index (χ1n) is 5.65. The molecule has 6 heteroatoms. The van der Waals surface area contributed by atoms with Gasteiger partial charge in [-0.3, -0.25) is 0 Å². The zero-order valence-corrected chi connectivity index (χ0v) is 10.2. The molecule has 20 heavy (non-hydrogen) atoms. The molecular formula is C14H9F3N2O. The molecule has 0 spiro atoms. The van der Waals surface area contributed by atoms with Gasteiger partial charge in [-0.25, -0.2) is 4.98 Å². The molecule has 2 rings (SSSR count). The highest BCUT2D eigenvalue weighted by Gasteiger charge is 2.32. The monoisotopic (exact) mass is 278 g/mol. The number of rotatable bonds is 3. The molecule has 2 aromatic rings. The van der Waals surface area contributed by atoms with E-state index in [2.05, 4.69) is 4.98 Å². The van der Waals surface area contributed by atoms with Crippen LogP contribution in [-0.4, -0.2) is 4.98 Å². The van der Waals surface area contributed by atoms with Crippen molar-refractivity contribution in [2.24, 2.45) is 0 Å². The summed E-state index contributed by atoms with van der Waals surface area (Å²) in [4.78, 5) is 3.75. The molecule has 0 bridgehead atoms. The Bertz CT molecular complexity index is 647. The molecule has 102 valence electrons. The minimum atomic E-state index is -4.42. The van der Waals surface area contributed by atoms with Gasteiger partial charge in [0.25, 0.3) is 0 Å². The predicted octanol–water partition coefficient (Wildman–Crippen LogP) is 3.55. The average molecular weight is 278 g/mol. The largest absolute Gasteiger partial charge is 0.489 e. The fraction of sp³-hybridized carbons (Fsp3) is 0.143. The van der Waals surface area contributed by atoms with Crippen LogP contribution >= 0.6 is 0 Å². The van der Waals surface area contributed by atoms with E-state index in [0.29, 0.717) is 5.75 Å². The van der Waals surface area contributed by atoms with Gasteiger partial charge in [-0.1, -0.05) is 18.2 Å². The maximum Gasteiger partial charge on any atom is 0.416 e. The summed E-state index contributed by atoms with van der Waals surface area (Å²) in [5.41, 5.74) is -0.545. The van der Waals surface area contributed by atoms with Crippen LogP contribution in [0, 0.1) is 11.3 Å². The first-order chi connectivity index (χ1) is 9.50. The summed E-state index contributed by atoms with van der Waals surface area (Å²) in [7, 11) is 0. The van der Waals surface area contributed by atoms with Crippen LogP contribution in [0.15, 0.2) is 42.6 Å². The Morgan fingerprint density at radius 3 is 2.65 bits per heavy atom. The van der Waals surface area contributed by atoms with Crippen molar-refractivity contribution in [1.29, 1.82) is 5.26 Å². The van der Waals surface area contributed by atoms with E-state index in [0.717, 1.165) is 6.07 Å². The molecule has 0 atom stereocenters. The number of nitriles is 1. The lowest BCUT2D eigenvalue weighted by molar-refractivity contribution is -0.138. The summed E-state index contributed by atoms with van der Waals surface area (Å²) in [5.74, 6) is 0.300. The molecule has 0 aliphatic heterocycles. The van der Waals surface area contributed by atoms with Crippen molar-refractivity contribution in [2.75, 3.05) is 0 Å². The maximum absolute atomic E-state index is 12.8. The van der Waals surface area contributed by atoms with Gasteiger partial charge in [0.1, 0.15) is 24.1 Å². The van der Waals surface area contributed by atoms with E-state index >= 15 is 0 Å². The molecule has 1 aromatic heterocycles. The SMILES string of the molecule is N#Cc1cc(OCc2ccccc2C(F)(F)F)ccn1. The average Bonchev–Trinajstić information content (AvgIpc) is 2.44. The van der Waals surface area contributed by atoms with Crippen LogP contribution in [0.3, 0.4) is 0 Å². The molecule has 0 saturated heterocycles. The van der Waals surface area contributed by atoms with Gasteiger partial charge in [-0.2, -0.15) is 18.4 Å². The van der Waals surface area contributed by atoms with Gasteiger partial charge in [0.05, 0.1) is 5.56 Å². The summed E-state index contributed by atoms with van der Waals surface area (Å²) in [6, 6.07) is 9.89. The third-order valence-corrected chi connectivity index (χ3v) is 2.56. The fourth-order valence-electron chi connectivity index (χ4n) is 1.65. The molecule has 0 amide bonds. The Morgan fingerprint density at radius 2 is 1.95 bits per heavy atom. The molecule has 0 aliphatic rings. The van der Waals surface area contributed by atoms with Crippen LogP contribution < -0.4 is 4.74 Å². The molecule has 1 heterocycles. The topological polar surface area (TPSA) is 45.9 Å². The van der Waals surface area contributed by atoms with Crippen LogP contribution in [0.5, 0.6) is 5.75 Å². The minimum Gasteiger partial charge on any atom is -0.489 e. The van der Waals surface area contributed by atoms with Gasteiger partial charge in [0, 0.05) is 17.8 Å². The summed E-state index contributed by atoms with van der Waals surface area (Å²) in [6.07, 6.45) is -3.06. The number of alkyl halides is 3. The molecule has 0 aliphatic carbocycles. The summed E-state index contributed by atoms with van der Waals surface area (Å²) in [6.45, 7) is -0.232. The highest BCUT2D eigenvalue weighted by molar-refractivity contribution is 5.32. The molecule has 0 saturated carbocycles. The Kier molecular flexibility index (Phi) is 3.89. The van der Waals surface area contributed by atoms with Crippen molar-refractivity contribution in [3.05, 3.63) is 59.4 Å². The van der Waals surface area contributed by atoms with E-state index < -0.39 is 11.7 Å². The van der Waals surface area contributed by atoms with E-state index in [-0.39, 0.29) is 17.9 Å². The third-order valence-electron chi connectivity index (χ3n) is 2.56. The molecular weight excluding hydrogens is 269 g/mol. The number of ether oxygens (including phenoxy) is 1. The van der Waals surface area contributed by atoms with Gasteiger partial charge in [-0.15, -0.1) is 0 Å². The number of nitrogens with zero attached hydrogens (tertiary/aromatic N) is 2. The zero-order chi connectivity index (χ0) is 14.6. The summed E-state index contributed by atoms with van der Waals surface area (Å²) >= 11 is 0. The molecule has 3 nitrogen and oxygen atoms in total. The van der Waals surface area contributed by atoms with Crippen LogP contribution in [-0.2, 0) is 12.8 Å². The normalized spacial score (nSPS) is 10.9. The molecule has 0 unspecified atom stereocenters. The quantitative estimate of drug-likeness (QED) is 0.862. The smallest absolute Gasteiger partial charge is 0.416 e. The Morgan fingerprint density at radius 1 is 1.20 bits per heavy atom. The van der Waals surface area contributed by atoms with Crippen molar-refractivity contribution in [2.45, 2.75) is 12.8 Å². The van der Waals surface area contributed by atoms with Crippen LogP contribution in [0.4, 0.5) is 13.2 Å². The van der Waals surface area contributed by atoms with Crippen molar-refractivity contribution < 1.29 is 17.9 Å². The van der Waals surface area contributed by atoms with Crippen molar-refractivity contribution in [3.8, 4) is 11.8 Å². The second kappa shape index (κ2) is 5.61. The second-order valence-corrected chi connectivity index (χ2v) is 3.93. The molecule has 0 radical (unpaired) electrons. The van der Waals surface area contributed by atoms with E-state index in [1.165, 1.54) is 36.5 Å². The third kappa shape index (κ3) is 3.26. The number of pyridine rings is 1. The van der Waals surface area contributed by atoms with Gasteiger partial charge in [-0.05, 0) is 12.1 Å². The standard InChI is InChI=1S/C14H9F3N2O/c15-14(16,17)13-4-2-1-3-10(13)9-20-12-5-6-19-11(7-12)8-18/h1-7H,9H2. The fourth-order valence-corrected chi connectivity index (χ4v) is 1.65. The first-order valence-corrected chi connectivity index (χ1v) is 5.65. The van der Waals surface area contributed by atoms with Gasteiger partial charge < -0.3 is 4.74 Å². The van der Waals surface area contributed by atoms with Crippen LogP contribution in [0.1, 0.15) is 16.8 Å². The van der Waals surface area contributed by atoms with E-state index in [1.54, 1.807) is 0 Å². The van der Waals surface area contributed by atoms with Crippen molar-refractivity contribution in [1.82, 2.24) is 4.98 Å². The maximum atomic E-state index is 12.8. The summed E-state index contributed by atoms with van der Waals surface area (Å²) in [5, 5.41) is 8.68. The number of aromatic nitrogens is 1.